The normalized spacial score (nSPS) is 16.7. The Morgan fingerprint density at radius 3 is 2.87 bits per heavy atom. The van der Waals surface area contributed by atoms with Gasteiger partial charge < -0.3 is 5.11 Å². The summed E-state index contributed by atoms with van der Waals surface area (Å²) in [6.45, 7) is 4.77. The third-order valence-corrected chi connectivity index (χ3v) is 2.94. The number of nitrogens with zero attached hydrogens (tertiary/aromatic N) is 2. The second-order valence-corrected chi connectivity index (χ2v) is 4.45. The van der Waals surface area contributed by atoms with E-state index in [2.05, 4.69) is 5.10 Å². The predicted octanol–water partition coefficient (Wildman–Crippen LogP) is 1.65. The Morgan fingerprint density at radius 1 is 1.60 bits per heavy atom. The molecule has 1 aromatic heterocycles. The minimum absolute atomic E-state index is 0.0816. The van der Waals surface area contributed by atoms with Crippen LogP contribution in [0.4, 0.5) is 0 Å². The van der Waals surface area contributed by atoms with Crippen LogP contribution in [0.2, 0.25) is 0 Å². The lowest BCUT2D eigenvalue weighted by Crippen LogP contribution is -2.18. The van der Waals surface area contributed by atoms with E-state index in [1.807, 2.05) is 24.6 Å². The number of rotatable bonds is 3. The fourth-order valence-electron chi connectivity index (χ4n) is 2.19. The van der Waals surface area contributed by atoms with Crippen LogP contribution in [0.1, 0.15) is 37.6 Å². The molecule has 1 aliphatic rings. The smallest absolute Gasteiger partial charge is 0.312 e. The minimum atomic E-state index is -0.776. The van der Waals surface area contributed by atoms with E-state index in [9.17, 15) is 4.79 Å². The molecule has 1 unspecified atom stereocenters. The van der Waals surface area contributed by atoms with Crippen molar-refractivity contribution in [2.24, 2.45) is 5.92 Å². The predicted molar refractivity (Wildman–Crippen MR) is 55.8 cm³/mol. The SMILES string of the molecule is CC(C)C(C(=O)O)c1cc2n(n1)CCC2. The van der Waals surface area contributed by atoms with Crippen molar-refractivity contribution in [2.45, 2.75) is 39.2 Å². The van der Waals surface area contributed by atoms with Gasteiger partial charge in [-0.2, -0.15) is 5.10 Å². The van der Waals surface area contributed by atoms with Crippen molar-refractivity contribution in [2.75, 3.05) is 0 Å². The number of aromatic nitrogens is 2. The molecule has 15 heavy (non-hydrogen) atoms. The highest BCUT2D eigenvalue weighted by Gasteiger charge is 2.28. The Kier molecular flexibility index (Phi) is 2.50. The Hall–Kier alpha value is -1.32. The fourth-order valence-corrected chi connectivity index (χ4v) is 2.19. The van der Waals surface area contributed by atoms with E-state index in [0.717, 1.165) is 19.4 Å². The molecule has 0 amide bonds. The molecule has 82 valence electrons. The minimum Gasteiger partial charge on any atom is -0.481 e. The third kappa shape index (κ3) is 1.76. The molecule has 0 bridgehead atoms. The molecule has 1 aliphatic heterocycles. The highest BCUT2D eigenvalue weighted by Crippen LogP contribution is 2.26. The van der Waals surface area contributed by atoms with Crippen LogP contribution in [-0.2, 0) is 17.8 Å². The Balaban J connectivity index is 2.31. The van der Waals surface area contributed by atoms with Crippen LogP contribution >= 0.6 is 0 Å². The first kappa shape index (κ1) is 10.2. The number of hydrogen-bond donors (Lipinski definition) is 1. The largest absolute Gasteiger partial charge is 0.481 e. The number of carboxylic acid groups (broad SMARTS) is 1. The molecule has 1 N–H and O–H groups in total. The first-order valence-corrected chi connectivity index (χ1v) is 5.39. The standard InChI is InChI=1S/C11H16N2O2/c1-7(2)10(11(14)15)9-6-8-4-3-5-13(8)12-9/h6-7,10H,3-5H2,1-2H3,(H,14,15). The van der Waals surface area contributed by atoms with Crippen molar-refractivity contribution >= 4 is 5.97 Å². The molecule has 0 radical (unpaired) electrons. The molecule has 0 aliphatic carbocycles. The van der Waals surface area contributed by atoms with Crippen molar-refractivity contribution in [1.82, 2.24) is 9.78 Å². The summed E-state index contributed by atoms with van der Waals surface area (Å²) in [5, 5.41) is 13.5. The number of aliphatic carboxylic acids is 1. The van der Waals surface area contributed by atoms with E-state index in [1.54, 1.807) is 0 Å². The molecule has 0 aromatic carbocycles. The maximum Gasteiger partial charge on any atom is 0.312 e. The van der Waals surface area contributed by atoms with Gasteiger partial charge in [-0.15, -0.1) is 0 Å². The van der Waals surface area contributed by atoms with Crippen LogP contribution in [0.3, 0.4) is 0 Å². The first-order valence-electron chi connectivity index (χ1n) is 5.39. The summed E-state index contributed by atoms with van der Waals surface area (Å²) in [6, 6.07) is 1.95. The molecular formula is C11H16N2O2. The second kappa shape index (κ2) is 3.68. The number of carbonyl (C=O) groups is 1. The first-order chi connectivity index (χ1) is 7.09. The van der Waals surface area contributed by atoms with Gasteiger partial charge in [0, 0.05) is 12.2 Å². The summed E-state index contributed by atoms with van der Waals surface area (Å²) in [5.41, 5.74) is 1.89. The molecular weight excluding hydrogens is 192 g/mol. The van der Waals surface area contributed by atoms with Crippen LogP contribution in [-0.4, -0.2) is 20.9 Å². The molecule has 0 saturated carbocycles. The van der Waals surface area contributed by atoms with Gasteiger partial charge in [0.15, 0.2) is 0 Å². The van der Waals surface area contributed by atoms with Crippen molar-refractivity contribution < 1.29 is 9.90 Å². The van der Waals surface area contributed by atoms with Gasteiger partial charge in [-0.3, -0.25) is 9.48 Å². The van der Waals surface area contributed by atoms with E-state index in [4.69, 9.17) is 5.11 Å². The van der Waals surface area contributed by atoms with Crippen molar-refractivity contribution in [3.05, 3.63) is 17.5 Å². The van der Waals surface area contributed by atoms with Crippen molar-refractivity contribution in [3.63, 3.8) is 0 Å². The van der Waals surface area contributed by atoms with Gasteiger partial charge in [0.05, 0.1) is 5.69 Å². The molecule has 4 heteroatoms. The number of hydrogen-bond acceptors (Lipinski definition) is 2. The van der Waals surface area contributed by atoms with Gasteiger partial charge in [0.25, 0.3) is 0 Å². The van der Waals surface area contributed by atoms with Gasteiger partial charge in [0.1, 0.15) is 5.92 Å². The quantitative estimate of drug-likeness (QED) is 0.821. The van der Waals surface area contributed by atoms with E-state index in [1.165, 1.54) is 5.69 Å². The van der Waals surface area contributed by atoms with Gasteiger partial charge in [0.2, 0.25) is 0 Å². The lowest BCUT2D eigenvalue weighted by molar-refractivity contribution is -0.140. The molecule has 2 heterocycles. The number of fused-ring (bicyclic) bond motifs is 1. The monoisotopic (exact) mass is 208 g/mol. The number of carboxylic acids is 1. The summed E-state index contributed by atoms with van der Waals surface area (Å²) in [5.74, 6) is -1.16. The van der Waals surface area contributed by atoms with Crippen molar-refractivity contribution in [3.8, 4) is 0 Å². The Morgan fingerprint density at radius 2 is 2.33 bits per heavy atom. The summed E-state index contributed by atoms with van der Waals surface area (Å²) >= 11 is 0. The van der Waals surface area contributed by atoms with E-state index in [0.29, 0.717) is 5.69 Å². The van der Waals surface area contributed by atoms with Crippen LogP contribution in [0.15, 0.2) is 6.07 Å². The van der Waals surface area contributed by atoms with Crippen LogP contribution < -0.4 is 0 Å². The zero-order valence-electron chi connectivity index (χ0n) is 9.10. The maximum atomic E-state index is 11.1. The van der Waals surface area contributed by atoms with Gasteiger partial charge in [-0.25, -0.2) is 0 Å². The molecule has 2 rings (SSSR count). The third-order valence-electron chi connectivity index (χ3n) is 2.94. The zero-order valence-corrected chi connectivity index (χ0v) is 9.10. The summed E-state index contributed by atoms with van der Waals surface area (Å²) in [6.07, 6.45) is 2.15. The Bertz CT molecular complexity index is 360. The summed E-state index contributed by atoms with van der Waals surface area (Å²) in [4.78, 5) is 11.1. The zero-order chi connectivity index (χ0) is 11.0. The van der Waals surface area contributed by atoms with Crippen LogP contribution in [0.5, 0.6) is 0 Å². The highest BCUT2D eigenvalue weighted by molar-refractivity contribution is 5.75. The molecule has 1 atom stereocenters. The van der Waals surface area contributed by atoms with Gasteiger partial charge in [-0.05, 0) is 24.8 Å². The summed E-state index contributed by atoms with van der Waals surface area (Å²) in [7, 11) is 0. The van der Waals surface area contributed by atoms with Gasteiger partial charge >= 0.3 is 5.97 Å². The van der Waals surface area contributed by atoms with E-state index >= 15 is 0 Å². The average Bonchev–Trinajstić information content (AvgIpc) is 2.61. The lowest BCUT2D eigenvalue weighted by Gasteiger charge is -2.13. The fraction of sp³-hybridized carbons (Fsp3) is 0.636. The molecule has 0 fully saturated rings. The molecule has 4 nitrogen and oxygen atoms in total. The summed E-state index contributed by atoms with van der Waals surface area (Å²) < 4.78 is 1.94. The second-order valence-electron chi connectivity index (χ2n) is 4.45. The topological polar surface area (TPSA) is 55.1 Å². The molecule has 0 saturated heterocycles. The van der Waals surface area contributed by atoms with Crippen molar-refractivity contribution in [1.29, 1.82) is 0 Å². The van der Waals surface area contributed by atoms with Crippen LogP contribution in [0.25, 0.3) is 0 Å². The van der Waals surface area contributed by atoms with E-state index < -0.39 is 11.9 Å². The van der Waals surface area contributed by atoms with Crippen LogP contribution in [0, 0.1) is 5.92 Å². The Labute approximate surface area is 88.9 Å². The highest BCUT2D eigenvalue weighted by atomic mass is 16.4. The lowest BCUT2D eigenvalue weighted by atomic mass is 9.92. The number of aryl methyl sites for hydroxylation is 2. The molecule has 0 spiro atoms. The molecule has 1 aromatic rings. The van der Waals surface area contributed by atoms with E-state index in [-0.39, 0.29) is 5.92 Å². The average molecular weight is 208 g/mol. The van der Waals surface area contributed by atoms with Gasteiger partial charge in [-0.1, -0.05) is 13.8 Å². The maximum absolute atomic E-state index is 11.1.